The molecule has 0 fully saturated rings. The minimum atomic E-state index is -1.11. The van der Waals surface area contributed by atoms with Gasteiger partial charge in [-0.15, -0.1) is 0 Å². The fraction of sp³-hybridized carbons (Fsp3) is 1.00. The van der Waals surface area contributed by atoms with E-state index in [2.05, 4.69) is 30.8 Å². The lowest BCUT2D eigenvalue weighted by Gasteiger charge is -2.36. The zero-order valence-electron chi connectivity index (χ0n) is 24.7. The summed E-state index contributed by atoms with van der Waals surface area (Å²) in [6.45, 7) is 4.39. The lowest BCUT2D eigenvalue weighted by molar-refractivity contribution is 0.142. The summed E-state index contributed by atoms with van der Waals surface area (Å²) in [6.07, 6.45) is 9.98. The molecule has 12 heteroatoms. The monoisotopic (exact) mass is 579 g/mol. The molecule has 0 aromatic rings. The van der Waals surface area contributed by atoms with Crippen LogP contribution in [0.1, 0.15) is 58.3 Å². The van der Waals surface area contributed by atoms with Crippen molar-refractivity contribution >= 4 is 37.4 Å². The summed E-state index contributed by atoms with van der Waals surface area (Å²) in [5, 5.41) is 0. The molecule has 0 aliphatic carbocycles. The molecule has 0 saturated heterocycles. The number of hydrogen-bond donors (Lipinski definition) is 0. The van der Waals surface area contributed by atoms with Crippen LogP contribution in [0.2, 0.25) is 23.7 Å². The molecular formula is C24H55N2O6Si4. The number of rotatable bonds is 26. The second-order valence-corrected chi connectivity index (χ2v) is 17.2. The minimum absolute atomic E-state index is 0.482. The van der Waals surface area contributed by atoms with Crippen LogP contribution in [-0.4, -0.2) is 123 Å². The Morgan fingerprint density at radius 2 is 1.06 bits per heavy atom. The fourth-order valence-corrected chi connectivity index (χ4v) is 9.40. The van der Waals surface area contributed by atoms with Crippen LogP contribution >= 0.6 is 0 Å². The average Bonchev–Trinajstić information content (AvgIpc) is 2.88. The second-order valence-electron chi connectivity index (χ2n) is 9.24. The van der Waals surface area contributed by atoms with Crippen LogP contribution in [0.4, 0.5) is 0 Å². The van der Waals surface area contributed by atoms with Crippen molar-refractivity contribution < 1.29 is 26.6 Å². The average molecular weight is 580 g/mol. The van der Waals surface area contributed by atoms with Crippen LogP contribution < -0.4 is 0 Å². The van der Waals surface area contributed by atoms with Gasteiger partial charge in [-0.05, 0) is 58.5 Å². The van der Waals surface area contributed by atoms with Crippen molar-refractivity contribution in [2.24, 2.45) is 0 Å². The van der Waals surface area contributed by atoms with Crippen molar-refractivity contribution in [2.45, 2.75) is 87.8 Å². The summed E-state index contributed by atoms with van der Waals surface area (Å²) in [7, 11) is 12.7. The van der Waals surface area contributed by atoms with Gasteiger partial charge in [0.1, 0.15) is 0 Å². The predicted octanol–water partition coefficient (Wildman–Crippen LogP) is 4.11. The van der Waals surface area contributed by atoms with Gasteiger partial charge in [0.15, 0.2) is 0 Å². The Morgan fingerprint density at radius 3 is 1.50 bits per heavy atom. The zero-order chi connectivity index (χ0) is 27.2. The van der Waals surface area contributed by atoms with E-state index in [4.69, 9.17) is 26.6 Å². The Morgan fingerprint density at radius 1 is 0.611 bits per heavy atom. The highest BCUT2D eigenvalue weighted by atomic mass is 28.3. The number of nitrogens with zero attached hydrogens (tertiary/aromatic N) is 2. The molecule has 0 aliphatic heterocycles. The summed E-state index contributed by atoms with van der Waals surface area (Å²) in [5.74, 6) is 0.482. The highest BCUT2D eigenvalue weighted by Gasteiger charge is 2.23. The minimum Gasteiger partial charge on any atom is -0.397 e. The van der Waals surface area contributed by atoms with Gasteiger partial charge in [-0.1, -0.05) is 45.1 Å². The van der Waals surface area contributed by atoms with Crippen molar-refractivity contribution in [3.8, 4) is 0 Å². The van der Waals surface area contributed by atoms with Crippen LogP contribution in [-0.2, 0) is 26.6 Å². The Kier molecular flexibility index (Phi) is 25.0. The number of unbranched alkanes of at least 4 members (excludes halogenated alkanes) is 4. The zero-order valence-corrected chi connectivity index (χ0v) is 28.7. The number of hydrogen-bond acceptors (Lipinski definition) is 8. The Hall–Kier alpha value is 0.548. The van der Waals surface area contributed by atoms with E-state index in [1.807, 2.05) is 0 Å². The molecule has 0 amide bonds. The largest absolute Gasteiger partial charge is 0.397 e. The van der Waals surface area contributed by atoms with E-state index in [-0.39, 0.29) is 0 Å². The smallest absolute Gasteiger partial charge is 0.387 e. The molecule has 0 heterocycles. The molecule has 8 nitrogen and oxygen atoms in total. The van der Waals surface area contributed by atoms with E-state index in [0.29, 0.717) is 11.3 Å². The maximum Gasteiger partial charge on any atom is 0.387 e. The van der Waals surface area contributed by atoms with E-state index >= 15 is 0 Å². The lowest BCUT2D eigenvalue weighted by atomic mass is 10.1. The van der Waals surface area contributed by atoms with E-state index in [9.17, 15) is 0 Å². The topological polar surface area (TPSA) is 61.9 Å². The summed E-state index contributed by atoms with van der Waals surface area (Å²) >= 11 is 0. The summed E-state index contributed by atoms with van der Waals surface area (Å²) in [5.41, 5.74) is 0.549. The van der Waals surface area contributed by atoms with Crippen LogP contribution in [0.3, 0.4) is 0 Å². The van der Waals surface area contributed by atoms with Crippen LogP contribution in [0.25, 0.3) is 0 Å². The first-order valence-corrected chi connectivity index (χ1v) is 19.1. The van der Waals surface area contributed by atoms with E-state index in [0.717, 1.165) is 47.5 Å². The normalized spacial score (nSPS) is 13.4. The molecule has 0 spiro atoms. The van der Waals surface area contributed by atoms with Crippen LogP contribution in [0, 0.1) is 0 Å². The van der Waals surface area contributed by atoms with Crippen LogP contribution in [0.5, 0.6) is 0 Å². The molecule has 5 radical (unpaired) electrons. The molecule has 36 heavy (non-hydrogen) atoms. The molecule has 213 valence electrons. The van der Waals surface area contributed by atoms with Gasteiger partial charge >= 0.3 is 27.9 Å². The van der Waals surface area contributed by atoms with E-state index in [1.54, 1.807) is 42.7 Å². The predicted molar refractivity (Wildman–Crippen MR) is 155 cm³/mol. The van der Waals surface area contributed by atoms with Gasteiger partial charge in [-0.3, -0.25) is 9.80 Å². The first-order chi connectivity index (χ1) is 17.4. The first-order valence-electron chi connectivity index (χ1n) is 13.3. The van der Waals surface area contributed by atoms with E-state index < -0.39 is 27.9 Å². The Bertz CT molecular complexity index is 454. The van der Waals surface area contributed by atoms with Crippen molar-refractivity contribution in [3.05, 3.63) is 0 Å². The third kappa shape index (κ3) is 17.2. The van der Waals surface area contributed by atoms with Crippen molar-refractivity contribution in [1.82, 2.24) is 9.80 Å². The first kappa shape index (κ1) is 36.5. The van der Waals surface area contributed by atoms with Gasteiger partial charge in [0.25, 0.3) is 0 Å². The molecule has 0 N–H and O–H groups in total. The second kappa shape index (κ2) is 24.6. The molecule has 1 atom stereocenters. The lowest BCUT2D eigenvalue weighted by Crippen LogP contribution is -2.49. The summed E-state index contributed by atoms with van der Waals surface area (Å²) < 4.78 is 32.8. The standard InChI is InChI=1S/C24H55N2O6Si4/c1-23(36(31-8)32-9)17-13-11-10-12-14-20-33-24(25(2)18-15-21-34(27-4)28-5)26(3)19-16-22-35(29-6)30-7/h23-24H,10-22H2,1-9H3. The third-order valence-corrected chi connectivity index (χ3v) is 13.6. The molecular weight excluding hydrogens is 525 g/mol. The summed E-state index contributed by atoms with van der Waals surface area (Å²) in [6, 6.07) is 3.34. The third-order valence-electron chi connectivity index (χ3n) is 6.47. The van der Waals surface area contributed by atoms with E-state index in [1.165, 1.54) is 44.6 Å². The highest BCUT2D eigenvalue weighted by molar-refractivity contribution is 6.46. The molecule has 0 saturated carbocycles. The van der Waals surface area contributed by atoms with Gasteiger partial charge < -0.3 is 26.6 Å². The highest BCUT2D eigenvalue weighted by Crippen LogP contribution is 2.20. The van der Waals surface area contributed by atoms with Crippen molar-refractivity contribution in [1.29, 1.82) is 0 Å². The van der Waals surface area contributed by atoms with Gasteiger partial charge in [0.05, 0.1) is 9.52 Å². The molecule has 1 unspecified atom stereocenters. The van der Waals surface area contributed by atoms with Crippen LogP contribution in [0.15, 0.2) is 0 Å². The molecule has 0 aromatic heterocycles. The van der Waals surface area contributed by atoms with Crippen molar-refractivity contribution in [3.63, 3.8) is 0 Å². The molecule has 0 aliphatic rings. The Balaban J connectivity index is 4.46. The SMILES string of the molecule is CO[Si](CCCN(C)C([Si]CCCCCCCC(C)[Si](OC)OC)N(C)CCC[Si](OC)OC)OC. The van der Waals surface area contributed by atoms with Gasteiger partial charge in [0.2, 0.25) is 0 Å². The van der Waals surface area contributed by atoms with Gasteiger partial charge in [-0.2, -0.15) is 0 Å². The Labute approximate surface area is 231 Å². The van der Waals surface area contributed by atoms with Crippen molar-refractivity contribution in [2.75, 3.05) is 69.8 Å². The maximum absolute atomic E-state index is 5.48. The fourth-order valence-electron chi connectivity index (χ4n) is 4.35. The summed E-state index contributed by atoms with van der Waals surface area (Å²) in [4.78, 5) is 5.07. The molecule has 0 rings (SSSR count). The maximum atomic E-state index is 5.48. The quantitative estimate of drug-likeness (QED) is 0.0862. The molecule has 0 aromatic carbocycles. The van der Waals surface area contributed by atoms with Gasteiger partial charge in [-0.25, -0.2) is 0 Å². The molecule has 0 bridgehead atoms. The van der Waals surface area contributed by atoms with Gasteiger partial charge in [0, 0.05) is 54.0 Å².